The van der Waals surface area contributed by atoms with Crippen LogP contribution in [0.15, 0.2) is 18.2 Å². The third kappa shape index (κ3) is 5.72. The first-order valence-corrected chi connectivity index (χ1v) is 7.26. The Bertz CT molecular complexity index is 489. The van der Waals surface area contributed by atoms with Gasteiger partial charge in [0.15, 0.2) is 0 Å². The summed E-state index contributed by atoms with van der Waals surface area (Å²) >= 11 is 0. The summed E-state index contributed by atoms with van der Waals surface area (Å²) in [6, 6.07) is 5.09. The molecule has 1 aromatic carbocycles. The molecule has 0 saturated heterocycles. The maximum Gasteiger partial charge on any atom is 0.251 e. The molecule has 0 unspecified atom stereocenters. The second kappa shape index (κ2) is 8.84. The highest BCUT2D eigenvalue weighted by Gasteiger charge is 2.07. The first-order valence-electron chi connectivity index (χ1n) is 7.26. The van der Waals surface area contributed by atoms with Crippen molar-refractivity contribution in [3.63, 3.8) is 0 Å². The van der Waals surface area contributed by atoms with Crippen LogP contribution in [-0.2, 0) is 4.79 Å². The van der Waals surface area contributed by atoms with E-state index < -0.39 is 0 Å². The van der Waals surface area contributed by atoms with Crippen molar-refractivity contribution in [3.05, 3.63) is 23.8 Å². The van der Waals surface area contributed by atoms with E-state index in [1.165, 1.54) is 0 Å². The van der Waals surface area contributed by atoms with Gasteiger partial charge in [0.1, 0.15) is 0 Å². The van der Waals surface area contributed by atoms with E-state index in [0.717, 1.165) is 12.1 Å². The Morgan fingerprint density at radius 1 is 1.14 bits per heavy atom. The number of carbonyl (C=O) groups excluding carboxylic acids is 2. The lowest BCUT2D eigenvalue weighted by Gasteiger charge is -2.11. The highest BCUT2D eigenvalue weighted by atomic mass is 16.2. The van der Waals surface area contributed by atoms with E-state index in [-0.39, 0.29) is 11.8 Å². The Hall–Kier alpha value is -2.24. The Labute approximate surface area is 125 Å². The van der Waals surface area contributed by atoms with Gasteiger partial charge in [-0.15, -0.1) is 0 Å². The number of carbonyl (C=O) groups is 2. The molecule has 0 fully saturated rings. The van der Waals surface area contributed by atoms with Crippen molar-refractivity contribution in [2.75, 3.05) is 30.7 Å². The molecule has 6 nitrogen and oxygen atoms in total. The standard InChI is InChI=1S/C15H24N4O2/c1-3-8-19-14(20)7-9-18-13-6-5-11(10-12(13)16)15(21)17-4-2/h5-6,10,18H,3-4,7-9,16H2,1-2H3,(H,17,21)(H,19,20). The fourth-order valence-corrected chi connectivity index (χ4v) is 1.79. The molecule has 0 spiro atoms. The molecule has 0 heterocycles. The summed E-state index contributed by atoms with van der Waals surface area (Å²) in [7, 11) is 0. The van der Waals surface area contributed by atoms with Crippen molar-refractivity contribution in [3.8, 4) is 0 Å². The number of nitrogens with one attached hydrogen (secondary N) is 3. The highest BCUT2D eigenvalue weighted by molar-refractivity contribution is 5.96. The lowest BCUT2D eigenvalue weighted by Crippen LogP contribution is -2.26. The van der Waals surface area contributed by atoms with Gasteiger partial charge in [-0.3, -0.25) is 9.59 Å². The van der Waals surface area contributed by atoms with E-state index in [9.17, 15) is 9.59 Å². The van der Waals surface area contributed by atoms with Crippen LogP contribution in [0.1, 0.15) is 37.0 Å². The topological polar surface area (TPSA) is 96.2 Å². The van der Waals surface area contributed by atoms with Crippen LogP contribution in [0.2, 0.25) is 0 Å². The van der Waals surface area contributed by atoms with Gasteiger partial charge in [0, 0.05) is 31.6 Å². The van der Waals surface area contributed by atoms with Gasteiger partial charge in [0.05, 0.1) is 11.4 Å². The lowest BCUT2D eigenvalue weighted by molar-refractivity contribution is -0.120. The van der Waals surface area contributed by atoms with Gasteiger partial charge in [-0.1, -0.05) is 6.92 Å². The molecule has 0 aliphatic rings. The predicted molar refractivity (Wildman–Crippen MR) is 85.3 cm³/mol. The third-order valence-corrected chi connectivity index (χ3v) is 2.89. The lowest BCUT2D eigenvalue weighted by atomic mass is 10.1. The summed E-state index contributed by atoms with van der Waals surface area (Å²) < 4.78 is 0. The van der Waals surface area contributed by atoms with E-state index >= 15 is 0 Å². The molecular formula is C15H24N4O2. The van der Waals surface area contributed by atoms with Crippen LogP contribution in [0.5, 0.6) is 0 Å². The molecule has 1 aromatic rings. The molecule has 0 saturated carbocycles. The Balaban J connectivity index is 2.49. The third-order valence-electron chi connectivity index (χ3n) is 2.89. The number of rotatable bonds is 8. The maximum absolute atomic E-state index is 11.7. The molecule has 0 atom stereocenters. The first-order chi connectivity index (χ1) is 10.1. The molecule has 116 valence electrons. The van der Waals surface area contributed by atoms with Crippen LogP contribution < -0.4 is 21.7 Å². The molecule has 0 aliphatic heterocycles. The zero-order chi connectivity index (χ0) is 15.7. The van der Waals surface area contributed by atoms with Crippen molar-refractivity contribution in [1.82, 2.24) is 10.6 Å². The molecule has 0 bridgehead atoms. The molecule has 6 heteroatoms. The number of hydrogen-bond donors (Lipinski definition) is 4. The quantitative estimate of drug-likeness (QED) is 0.544. The molecule has 5 N–H and O–H groups in total. The van der Waals surface area contributed by atoms with Crippen molar-refractivity contribution >= 4 is 23.2 Å². The fraction of sp³-hybridized carbons (Fsp3) is 0.467. The molecule has 0 aromatic heterocycles. The van der Waals surface area contributed by atoms with E-state index in [2.05, 4.69) is 16.0 Å². The first kappa shape index (κ1) is 16.8. The van der Waals surface area contributed by atoms with Crippen molar-refractivity contribution in [1.29, 1.82) is 0 Å². The van der Waals surface area contributed by atoms with Crippen LogP contribution in [0, 0.1) is 0 Å². The monoisotopic (exact) mass is 292 g/mol. The minimum atomic E-state index is -0.144. The molecule has 0 aliphatic carbocycles. The Kier molecular flexibility index (Phi) is 7.08. The van der Waals surface area contributed by atoms with Gasteiger partial charge >= 0.3 is 0 Å². The van der Waals surface area contributed by atoms with Crippen LogP contribution >= 0.6 is 0 Å². The van der Waals surface area contributed by atoms with Crippen LogP contribution in [-0.4, -0.2) is 31.4 Å². The molecule has 0 radical (unpaired) electrons. The van der Waals surface area contributed by atoms with Gasteiger partial charge in [-0.05, 0) is 31.5 Å². The van der Waals surface area contributed by atoms with Gasteiger partial charge in [0.25, 0.3) is 5.91 Å². The van der Waals surface area contributed by atoms with Crippen LogP contribution in [0.4, 0.5) is 11.4 Å². The second-order valence-corrected chi connectivity index (χ2v) is 4.69. The summed E-state index contributed by atoms with van der Waals surface area (Å²) in [5.74, 6) is -0.128. The van der Waals surface area contributed by atoms with E-state index in [0.29, 0.717) is 37.3 Å². The number of nitrogen functional groups attached to an aromatic ring is 1. The van der Waals surface area contributed by atoms with E-state index in [1.807, 2.05) is 13.8 Å². The van der Waals surface area contributed by atoms with Crippen molar-refractivity contribution in [2.45, 2.75) is 26.7 Å². The average molecular weight is 292 g/mol. The number of nitrogens with two attached hydrogens (primary N) is 1. The highest BCUT2D eigenvalue weighted by Crippen LogP contribution is 2.19. The van der Waals surface area contributed by atoms with Gasteiger partial charge < -0.3 is 21.7 Å². The summed E-state index contributed by atoms with van der Waals surface area (Å²) in [6.45, 7) is 5.64. The van der Waals surface area contributed by atoms with E-state index in [1.54, 1.807) is 18.2 Å². The Morgan fingerprint density at radius 3 is 2.52 bits per heavy atom. The molecule has 2 amide bonds. The van der Waals surface area contributed by atoms with Crippen molar-refractivity contribution < 1.29 is 9.59 Å². The zero-order valence-electron chi connectivity index (χ0n) is 12.7. The zero-order valence-corrected chi connectivity index (χ0v) is 12.7. The predicted octanol–water partition coefficient (Wildman–Crippen LogP) is 1.35. The minimum Gasteiger partial charge on any atom is -0.397 e. The van der Waals surface area contributed by atoms with E-state index in [4.69, 9.17) is 5.73 Å². The summed E-state index contributed by atoms with van der Waals surface area (Å²) in [4.78, 5) is 23.1. The summed E-state index contributed by atoms with van der Waals surface area (Å²) in [5.41, 5.74) is 7.66. The maximum atomic E-state index is 11.7. The van der Waals surface area contributed by atoms with Crippen LogP contribution in [0.3, 0.4) is 0 Å². The van der Waals surface area contributed by atoms with Gasteiger partial charge in [0.2, 0.25) is 5.91 Å². The minimum absolute atomic E-state index is 0.0156. The number of amides is 2. The smallest absolute Gasteiger partial charge is 0.251 e. The molecule has 1 rings (SSSR count). The fourth-order valence-electron chi connectivity index (χ4n) is 1.79. The second-order valence-electron chi connectivity index (χ2n) is 4.69. The summed E-state index contributed by atoms with van der Waals surface area (Å²) in [6.07, 6.45) is 1.31. The Morgan fingerprint density at radius 2 is 1.90 bits per heavy atom. The summed E-state index contributed by atoms with van der Waals surface area (Å²) in [5, 5.41) is 8.63. The van der Waals surface area contributed by atoms with Gasteiger partial charge in [-0.25, -0.2) is 0 Å². The van der Waals surface area contributed by atoms with Gasteiger partial charge in [-0.2, -0.15) is 0 Å². The normalized spacial score (nSPS) is 10.0. The number of benzene rings is 1. The van der Waals surface area contributed by atoms with Crippen LogP contribution in [0.25, 0.3) is 0 Å². The number of anilines is 2. The SMILES string of the molecule is CCCNC(=O)CCNc1ccc(C(=O)NCC)cc1N. The average Bonchev–Trinajstić information content (AvgIpc) is 2.47. The number of hydrogen-bond acceptors (Lipinski definition) is 4. The molecular weight excluding hydrogens is 268 g/mol. The molecule has 21 heavy (non-hydrogen) atoms. The van der Waals surface area contributed by atoms with Crippen molar-refractivity contribution in [2.24, 2.45) is 0 Å². The largest absolute Gasteiger partial charge is 0.397 e.